The number of rotatable bonds is 5. The highest BCUT2D eigenvalue weighted by Crippen LogP contribution is 2.37. The number of nitrogens with one attached hydrogen (secondary N) is 2. The van der Waals surface area contributed by atoms with Crippen molar-refractivity contribution < 1.29 is 36.2 Å². The molecule has 0 aromatic heterocycles. The van der Waals surface area contributed by atoms with Gasteiger partial charge in [-0.05, 0) is 56.3 Å². The molecule has 2 saturated heterocycles. The van der Waals surface area contributed by atoms with Crippen LogP contribution < -0.4 is 10.6 Å². The molecule has 3 rings (SSSR count). The van der Waals surface area contributed by atoms with E-state index in [0.717, 1.165) is 19.4 Å². The number of hydrogen-bond donors (Lipinski definition) is 3. The van der Waals surface area contributed by atoms with E-state index < -0.39 is 29.0 Å². The molecule has 0 radical (unpaired) electrons. The Balaban J connectivity index is 1.63. The minimum atomic E-state index is -4.97. The van der Waals surface area contributed by atoms with Crippen LogP contribution in [0.2, 0.25) is 0 Å². The quantitative estimate of drug-likeness (QED) is 0.452. The van der Waals surface area contributed by atoms with Gasteiger partial charge in [0.15, 0.2) is 0 Å². The van der Waals surface area contributed by atoms with E-state index in [1.807, 2.05) is 0 Å². The lowest BCUT2D eigenvalue weighted by Crippen LogP contribution is -2.47. The summed E-state index contributed by atoms with van der Waals surface area (Å²) in [4.78, 5) is 14.2. The molecule has 5 nitrogen and oxygen atoms in total. The van der Waals surface area contributed by atoms with Crippen molar-refractivity contribution in [2.24, 2.45) is 5.92 Å². The number of hydrogen-bond acceptors (Lipinski definition) is 4. The molecule has 1 aromatic carbocycles. The summed E-state index contributed by atoms with van der Waals surface area (Å²) in [5, 5.41) is 15.4. The monoisotopic (exact) mass is 465 g/mol. The topological polar surface area (TPSA) is 64.6 Å². The predicted octanol–water partition coefficient (Wildman–Crippen LogP) is 4.16. The molecule has 2 fully saturated rings. The smallest absolute Gasteiger partial charge is 0.416 e. The average Bonchev–Trinajstić information content (AvgIpc) is 3.27. The van der Waals surface area contributed by atoms with Gasteiger partial charge in [-0.15, -0.1) is 0 Å². The molecule has 0 spiro atoms. The van der Waals surface area contributed by atoms with Gasteiger partial charge in [0.2, 0.25) is 5.91 Å². The van der Waals surface area contributed by atoms with Crippen LogP contribution in [0.25, 0.3) is 5.70 Å². The maximum atomic E-state index is 13.1. The van der Waals surface area contributed by atoms with Crippen molar-refractivity contribution in [1.29, 1.82) is 0 Å². The SMILES string of the molecule is O=C([C@H]1CCCN1)N1CCC(CN/C(=C/O)c2cc(C(F)(F)F)cc(C(F)(F)F)c2)CC1. The number of aliphatic hydroxyl groups excluding tert-OH is 1. The summed E-state index contributed by atoms with van der Waals surface area (Å²) in [6.07, 6.45) is -6.42. The van der Waals surface area contributed by atoms with Crippen LogP contribution in [0.1, 0.15) is 42.4 Å². The van der Waals surface area contributed by atoms with Gasteiger partial charge >= 0.3 is 12.4 Å². The summed E-state index contributed by atoms with van der Waals surface area (Å²) in [6, 6.07) is 1.03. The molecule has 1 atom stereocenters. The van der Waals surface area contributed by atoms with Crippen LogP contribution in [-0.2, 0) is 17.1 Å². The maximum absolute atomic E-state index is 13.1. The minimum absolute atomic E-state index is 0.0461. The molecule has 178 valence electrons. The van der Waals surface area contributed by atoms with E-state index >= 15 is 0 Å². The number of piperidine rings is 1. The van der Waals surface area contributed by atoms with Crippen LogP contribution in [-0.4, -0.2) is 48.1 Å². The fourth-order valence-corrected chi connectivity index (χ4v) is 4.06. The molecule has 3 N–H and O–H groups in total. The van der Waals surface area contributed by atoms with Gasteiger partial charge in [0.25, 0.3) is 0 Å². The zero-order valence-corrected chi connectivity index (χ0v) is 17.2. The summed E-state index contributed by atoms with van der Waals surface area (Å²) >= 11 is 0. The molecule has 0 saturated carbocycles. The first-order valence-corrected chi connectivity index (χ1v) is 10.4. The Morgan fingerprint density at radius 2 is 1.66 bits per heavy atom. The number of amides is 1. The van der Waals surface area contributed by atoms with Crippen molar-refractivity contribution in [3.05, 3.63) is 41.2 Å². The summed E-state index contributed by atoms with van der Waals surface area (Å²) in [6.45, 7) is 2.12. The van der Waals surface area contributed by atoms with Crippen LogP contribution >= 0.6 is 0 Å². The van der Waals surface area contributed by atoms with Crippen molar-refractivity contribution in [2.45, 2.75) is 44.1 Å². The zero-order valence-electron chi connectivity index (χ0n) is 17.2. The first-order valence-electron chi connectivity index (χ1n) is 10.4. The van der Waals surface area contributed by atoms with E-state index in [-0.39, 0.29) is 36.2 Å². The molecule has 1 aromatic rings. The largest absolute Gasteiger partial charge is 0.513 e. The van der Waals surface area contributed by atoms with Gasteiger partial charge in [-0.25, -0.2) is 0 Å². The van der Waals surface area contributed by atoms with E-state index in [2.05, 4.69) is 10.6 Å². The number of likely N-dealkylation sites (tertiary alicyclic amines) is 1. The Kier molecular flexibility index (Phi) is 7.26. The Morgan fingerprint density at radius 1 is 1.06 bits per heavy atom. The third-order valence-corrected chi connectivity index (χ3v) is 5.89. The first-order chi connectivity index (χ1) is 15.0. The highest BCUT2D eigenvalue weighted by atomic mass is 19.4. The molecule has 2 aliphatic rings. The molecule has 2 aliphatic heterocycles. The van der Waals surface area contributed by atoms with Crippen molar-refractivity contribution in [2.75, 3.05) is 26.2 Å². The van der Waals surface area contributed by atoms with E-state index in [0.29, 0.717) is 44.3 Å². The number of aliphatic hydroxyl groups is 1. The van der Waals surface area contributed by atoms with Gasteiger partial charge in [-0.2, -0.15) is 26.3 Å². The molecule has 0 bridgehead atoms. The number of carbonyl (C=O) groups is 1. The molecule has 32 heavy (non-hydrogen) atoms. The van der Waals surface area contributed by atoms with Gasteiger partial charge in [0, 0.05) is 25.2 Å². The molecule has 11 heteroatoms. The third kappa shape index (κ3) is 5.87. The first kappa shape index (κ1) is 24.2. The Hall–Kier alpha value is -2.43. The number of benzene rings is 1. The van der Waals surface area contributed by atoms with Crippen molar-refractivity contribution in [3.8, 4) is 0 Å². The Morgan fingerprint density at radius 3 is 2.12 bits per heavy atom. The van der Waals surface area contributed by atoms with Crippen molar-refractivity contribution >= 4 is 11.6 Å². The molecular formula is C21H25F6N3O2. The van der Waals surface area contributed by atoms with Crippen LogP contribution in [0.4, 0.5) is 26.3 Å². The second-order valence-corrected chi connectivity index (χ2v) is 8.14. The van der Waals surface area contributed by atoms with Crippen molar-refractivity contribution in [1.82, 2.24) is 15.5 Å². The second-order valence-electron chi connectivity index (χ2n) is 8.14. The van der Waals surface area contributed by atoms with Gasteiger partial charge in [0.05, 0.1) is 22.9 Å². The van der Waals surface area contributed by atoms with E-state index in [9.17, 15) is 36.2 Å². The van der Waals surface area contributed by atoms with E-state index in [1.54, 1.807) is 4.90 Å². The molecule has 0 unspecified atom stereocenters. The fraction of sp³-hybridized carbons (Fsp3) is 0.571. The summed E-state index contributed by atoms with van der Waals surface area (Å²) < 4.78 is 78.5. The average molecular weight is 465 g/mol. The summed E-state index contributed by atoms with van der Waals surface area (Å²) in [7, 11) is 0. The number of nitrogens with zero attached hydrogens (tertiary/aromatic N) is 1. The number of carbonyl (C=O) groups excluding carboxylic acids is 1. The summed E-state index contributed by atoms with van der Waals surface area (Å²) in [5.41, 5.74) is -3.53. The molecule has 1 amide bonds. The van der Waals surface area contributed by atoms with Gasteiger partial charge in [0.1, 0.15) is 6.26 Å². The maximum Gasteiger partial charge on any atom is 0.416 e. The lowest BCUT2D eigenvalue weighted by molar-refractivity contribution is -0.143. The highest BCUT2D eigenvalue weighted by Gasteiger charge is 2.37. The van der Waals surface area contributed by atoms with Crippen molar-refractivity contribution in [3.63, 3.8) is 0 Å². The van der Waals surface area contributed by atoms with Gasteiger partial charge in [-0.3, -0.25) is 4.79 Å². The minimum Gasteiger partial charge on any atom is -0.513 e. The predicted molar refractivity (Wildman–Crippen MR) is 105 cm³/mol. The fourth-order valence-electron chi connectivity index (χ4n) is 4.06. The normalized spacial score (nSPS) is 21.1. The van der Waals surface area contributed by atoms with Gasteiger partial charge in [-0.1, -0.05) is 0 Å². The van der Waals surface area contributed by atoms with Crippen LogP contribution in [0.3, 0.4) is 0 Å². The Bertz CT molecular complexity index is 807. The number of alkyl halides is 6. The third-order valence-electron chi connectivity index (χ3n) is 5.89. The van der Waals surface area contributed by atoms with Crippen LogP contribution in [0.5, 0.6) is 0 Å². The zero-order chi connectivity index (χ0) is 23.5. The highest BCUT2D eigenvalue weighted by molar-refractivity contribution is 5.82. The lowest BCUT2D eigenvalue weighted by atomic mass is 9.95. The Labute approximate surface area is 181 Å². The number of halogens is 6. The van der Waals surface area contributed by atoms with E-state index in [4.69, 9.17) is 0 Å². The standard InChI is InChI=1S/C21H25F6N3O2/c22-20(23,24)15-8-14(9-16(10-15)21(25,26)27)18(12-31)29-11-13-3-6-30(7-4-13)19(32)17-2-1-5-28-17/h8-10,12-13,17,28-29,31H,1-7,11H2/b18-12+/t17-/m1/s1. The van der Waals surface area contributed by atoms with E-state index in [1.165, 1.54) is 0 Å². The van der Waals surface area contributed by atoms with Crippen LogP contribution in [0.15, 0.2) is 24.5 Å². The summed E-state index contributed by atoms with van der Waals surface area (Å²) in [5.74, 6) is 0.118. The van der Waals surface area contributed by atoms with Crippen LogP contribution in [0, 0.1) is 5.92 Å². The molecule has 0 aliphatic carbocycles. The lowest BCUT2D eigenvalue weighted by Gasteiger charge is -2.34. The molecular weight excluding hydrogens is 440 g/mol. The second kappa shape index (κ2) is 9.60. The van der Waals surface area contributed by atoms with Gasteiger partial charge < -0.3 is 20.6 Å². The molecule has 2 heterocycles.